The van der Waals surface area contributed by atoms with Gasteiger partial charge in [-0.3, -0.25) is 16.5 Å². The Hall–Kier alpha value is -2.25. The quantitative estimate of drug-likeness (QED) is 0.283. The number of hydrazine groups is 1. The van der Waals surface area contributed by atoms with Crippen LogP contribution >= 0.6 is 0 Å². The minimum atomic E-state index is -0.103. The lowest BCUT2D eigenvalue weighted by atomic mass is 9.88. The Morgan fingerprint density at radius 1 is 1.07 bits per heavy atom. The highest BCUT2D eigenvalue weighted by Gasteiger charge is 2.24. The zero-order valence-corrected chi connectivity index (χ0v) is 17.3. The summed E-state index contributed by atoms with van der Waals surface area (Å²) in [7, 11) is 0. The normalized spacial score (nSPS) is 14.3. The van der Waals surface area contributed by atoms with Gasteiger partial charge in [-0.25, -0.2) is 0 Å². The molecule has 0 spiro atoms. The maximum atomic E-state index is 12.1. The summed E-state index contributed by atoms with van der Waals surface area (Å²) in [5, 5.41) is 0. The Labute approximate surface area is 173 Å². The van der Waals surface area contributed by atoms with Crippen LogP contribution in [0.15, 0.2) is 42.5 Å². The van der Waals surface area contributed by atoms with Crippen molar-refractivity contribution in [1.29, 1.82) is 0 Å². The number of aryl methyl sites for hydroxylation is 1. The fourth-order valence-electron chi connectivity index (χ4n) is 3.95. The van der Waals surface area contributed by atoms with E-state index in [2.05, 4.69) is 54.1 Å². The van der Waals surface area contributed by atoms with Gasteiger partial charge in [-0.05, 0) is 79.3 Å². The molecule has 1 unspecified atom stereocenters. The topological polar surface area (TPSA) is 136 Å². The number of unbranched alkanes of at least 4 members (excludes halogenated alkanes) is 1. The molecule has 0 saturated carbocycles. The molecule has 0 bridgehead atoms. The Balaban J connectivity index is 0.00000136. The zero-order chi connectivity index (χ0) is 20.4. The smallest absolute Gasteiger partial charge is 0.306 e. The highest BCUT2D eigenvalue weighted by Crippen LogP contribution is 2.34. The van der Waals surface area contributed by atoms with Crippen LogP contribution in [0, 0.1) is 0 Å². The average Bonchev–Trinajstić information content (AvgIpc) is 2.86. The van der Waals surface area contributed by atoms with E-state index in [1.54, 1.807) is 0 Å². The minimum Gasteiger partial charge on any atom is -0.466 e. The van der Waals surface area contributed by atoms with Crippen molar-refractivity contribution >= 4 is 5.97 Å². The van der Waals surface area contributed by atoms with E-state index in [4.69, 9.17) is 10.5 Å². The second-order valence-corrected chi connectivity index (χ2v) is 7.13. The van der Waals surface area contributed by atoms with Crippen LogP contribution in [0.25, 0.3) is 0 Å². The number of fused-ring (bicyclic) bond motifs is 2. The number of nitrogens with two attached hydrogens (primary N) is 3. The molecule has 0 heterocycles. The van der Waals surface area contributed by atoms with E-state index in [1.807, 2.05) is 6.92 Å². The standard InChI is InChI=1S/C23H29NO2.H4N2.H2O/c1-2-26-23(25)16-21-14-18-11-10-17(7-5-6-12-24)13-20(18)15-19-8-3-4-9-22(19)21;1-2;/h3-4,8-11,13,21H,2,5-7,12,14-16,24H2,1H3;1-2H2;1H2. The fraction of sp³-hybridized carbons (Fsp3) is 0.435. The van der Waals surface area contributed by atoms with Gasteiger partial charge in [0.15, 0.2) is 0 Å². The lowest BCUT2D eigenvalue weighted by Gasteiger charge is -2.17. The molecule has 8 N–H and O–H groups in total. The number of hydrogen-bond donors (Lipinski definition) is 3. The van der Waals surface area contributed by atoms with E-state index in [0.717, 1.165) is 38.6 Å². The molecule has 29 heavy (non-hydrogen) atoms. The van der Waals surface area contributed by atoms with Crippen LogP contribution in [0.5, 0.6) is 0 Å². The fourth-order valence-corrected chi connectivity index (χ4v) is 3.95. The number of hydrogen-bond acceptors (Lipinski definition) is 5. The Morgan fingerprint density at radius 3 is 2.55 bits per heavy atom. The molecule has 1 aliphatic rings. The molecule has 0 fully saturated rings. The largest absolute Gasteiger partial charge is 0.466 e. The molecule has 0 saturated heterocycles. The molecular formula is C23H35N3O3. The summed E-state index contributed by atoms with van der Waals surface area (Å²) in [6.07, 6.45) is 5.57. The van der Waals surface area contributed by atoms with Gasteiger partial charge in [-0.15, -0.1) is 0 Å². The van der Waals surface area contributed by atoms with Gasteiger partial charge in [0.1, 0.15) is 0 Å². The SMILES string of the molecule is CCOC(=O)CC1Cc2ccc(CCCCN)cc2Cc2ccccc21.NN.O. The van der Waals surface area contributed by atoms with E-state index >= 15 is 0 Å². The lowest BCUT2D eigenvalue weighted by Crippen LogP contribution is -2.13. The molecule has 2 aromatic carbocycles. The summed E-state index contributed by atoms with van der Waals surface area (Å²) in [6.45, 7) is 3.06. The van der Waals surface area contributed by atoms with Crippen LogP contribution in [0.2, 0.25) is 0 Å². The predicted octanol–water partition coefficient (Wildman–Crippen LogP) is 2.15. The molecule has 0 aliphatic heterocycles. The monoisotopic (exact) mass is 401 g/mol. The molecule has 0 aromatic heterocycles. The lowest BCUT2D eigenvalue weighted by molar-refractivity contribution is -0.143. The second-order valence-electron chi connectivity index (χ2n) is 7.13. The maximum Gasteiger partial charge on any atom is 0.306 e. The molecule has 1 atom stereocenters. The van der Waals surface area contributed by atoms with E-state index in [-0.39, 0.29) is 17.4 Å². The van der Waals surface area contributed by atoms with Gasteiger partial charge in [0.25, 0.3) is 0 Å². The molecule has 160 valence electrons. The molecule has 1 aliphatic carbocycles. The summed E-state index contributed by atoms with van der Waals surface area (Å²) in [5.74, 6) is 8.09. The second kappa shape index (κ2) is 13.1. The third-order valence-electron chi connectivity index (χ3n) is 5.25. The van der Waals surface area contributed by atoms with Gasteiger partial charge in [0, 0.05) is 0 Å². The summed E-state index contributed by atoms with van der Waals surface area (Å²) >= 11 is 0. The molecule has 6 nitrogen and oxygen atoms in total. The first-order valence-corrected chi connectivity index (χ1v) is 10.1. The first kappa shape index (κ1) is 24.8. The van der Waals surface area contributed by atoms with Crippen molar-refractivity contribution in [2.75, 3.05) is 13.2 Å². The summed E-state index contributed by atoms with van der Waals surface area (Å²) in [4.78, 5) is 12.1. The van der Waals surface area contributed by atoms with Crippen LogP contribution in [0.4, 0.5) is 0 Å². The van der Waals surface area contributed by atoms with Gasteiger partial charge in [0.05, 0.1) is 13.0 Å². The third kappa shape index (κ3) is 6.94. The molecule has 0 radical (unpaired) electrons. The summed E-state index contributed by atoms with van der Waals surface area (Å²) in [6, 6.07) is 15.4. The summed E-state index contributed by atoms with van der Waals surface area (Å²) < 4.78 is 5.21. The average molecular weight is 402 g/mol. The van der Waals surface area contributed by atoms with Gasteiger partial charge in [-0.2, -0.15) is 0 Å². The number of ether oxygens (including phenoxy) is 1. The summed E-state index contributed by atoms with van der Waals surface area (Å²) in [5.41, 5.74) is 12.4. The van der Waals surface area contributed by atoms with Crippen molar-refractivity contribution in [3.05, 3.63) is 70.3 Å². The third-order valence-corrected chi connectivity index (χ3v) is 5.25. The van der Waals surface area contributed by atoms with Gasteiger partial charge >= 0.3 is 5.97 Å². The van der Waals surface area contributed by atoms with Crippen molar-refractivity contribution < 1.29 is 15.0 Å². The zero-order valence-electron chi connectivity index (χ0n) is 17.3. The minimum absolute atomic E-state index is 0. The van der Waals surface area contributed by atoms with Crippen molar-refractivity contribution in [3.8, 4) is 0 Å². The van der Waals surface area contributed by atoms with Crippen LogP contribution in [-0.4, -0.2) is 24.6 Å². The van der Waals surface area contributed by atoms with Crippen LogP contribution in [-0.2, 0) is 28.8 Å². The maximum absolute atomic E-state index is 12.1. The number of rotatable bonds is 7. The van der Waals surface area contributed by atoms with Crippen molar-refractivity contribution in [2.45, 2.75) is 51.4 Å². The van der Waals surface area contributed by atoms with Gasteiger partial charge in [0.2, 0.25) is 0 Å². The molecular weight excluding hydrogens is 366 g/mol. The number of carbonyl (C=O) groups excluding carboxylic acids is 1. The van der Waals surface area contributed by atoms with E-state index in [0.29, 0.717) is 13.0 Å². The van der Waals surface area contributed by atoms with Gasteiger partial charge < -0.3 is 15.9 Å². The molecule has 6 heteroatoms. The molecule has 3 rings (SSSR count). The Bertz CT molecular complexity index is 765. The van der Waals surface area contributed by atoms with E-state index < -0.39 is 0 Å². The van der Waals surface area contributed by atoms with Crippen molar-refractivity contribution in [3.63, 3.8) is 0 Å². The van der Waals surface area contributed by atoms with Crippen molar-refractivity contribution in [2.24, 2.45) is 17.4 Å². The van der Waals surface area contributed by atoms with E-state index in [1.165, 1.54) is 27.8 Å². The molecule has 2 aromatic rings. The predicted molar refractivity (Wildman–Crippen MR) is 117 cm³/mol. The highest BCUT2D eigenvalue weighted by atomic mass is 16.5. The van der Waals surface area contributed by atoms with Crippen LogP contribution in [0.1, 0.15) is 59.9 Å². The number of esters is 1. The van der Waals surface area contributed by atoms with Crippen molar-refractivity contribution in [1.82, 2.24) is 0 Å². The van der Waals surface area contributed by atoms with E-state index in [9.17, 15) is 4.79 Å². The first-order chi connectivity index (χ1) is 13.7. The first-order valence-electron chi connectivity index (χ1n) is 10.1. The van der Waals surface area contributed by atoms with Crippen LogP contribution < -0.4 is 17.4 Å². The highest BCUT2D eigenvalue weighted by molar-refractivity contribution is 5.71. The van der Waals surface area contributed by atoms with Gasteiger partial charge in [-0.1, -0.05) is 42.5 Å². The number of benzene rings is 2. The Kier molecular flexibility index (Phi) is 11.2. The van der Waals surface area contributed by atoms with Crippen LogP contribution in [0.3, 0.4) is 0 Å². The Morgan fingerprint density at radius 2 is 1.83 bits per heavy atom. The molecule has 0 amide bonds. The number of carbonyl (C=O) groups is 1.